The molecule has 1 fully saturated rings. The van der Waals surface area contributed by atoms with Gasteiger partial charge < -0.3 is 15.2 Å². The number of para-hydroxylation sites is 1. The Balaban J connectivity index is 0.000000246. The lowest BCUT2D eigenvalue weighted by Crippen LogP contribution is -2.28. The van der Waals surface area contributed by atoms with Crippen LogP contribution < -0.4 is 10.1 Å². The van der Waals surface area contributed by atoms with E-state index in [1.807, 2.05) is 30.3 Å². The molecule has 112 valence electrons. The van der Waals surface area contributed by atoms with Crippen molar-refractivity contribution >= 4 is 5.97 Å². The minimum absolute atomic E-state index is 0.556. The molecule has 0 aromatic heterocycles. The second-order valence-corrected chi connectivity index (χ2v) is 4.22. The topological polar surface area (TPSA) is 58.6 Å². The first kappa shape index (κ1) is 16.3. The molecule has 0 radical (unpaired) electrons. The maximum absolute atomic E-state index is 10.6. The Kier molecular flexibility index (Phi) is 6.30. The van der Waals surface area contributed by atoms with E-state index in [1.165, 1.54) is 12.8 Å². The Morgan fingerprint density at radius 1 is 1.35 bits per heavy atom. The number of hydrogen-bond acceptors (Lipinski definition) is 3. The normalized spacial score (nSPS) is 18.1. The zero-order valence-electron chi connectivity index (χ0n) is 10.7. The zero-order chi connectivity index (χ0) is 15.0. The predicted molar refractivity (Wildman–Crippen MR) is 66.7 cm³/mol. The Morgan fingerprint density at radius 3 is 2.40 bits per heavy atom. The van der Waals surface area contributed by atoms with Gasteiger partial charge in [-0.15, -0.1) is 0 Å². The smallest absolute Gasteiger partial charge is 0.490 e. The van der Waals surface area contributed by atoms with Crippen LogP contribution in [0.5, 0.6) is 5.75 Å². The summed E-state index contributed by atoms with van der Waals surface area (Å²) >= 11 is 0. The maximum Gasteiger partial charge on any atom is 0.490 e. The number of carboxylic acid groups (broad SMARTS) is 1. The quantitative estimate of drug-likeness (QED) is 0.898. The van der Waals surface area contributed by atoms with Crippen molar-refractivity contribution in [3.63, 3.8) is 0 Å². The molecular weight excluding hydrogens is 275 g/mol. The van der Waals surface area contributed by atoms with E-state index in [4.69, 9.17) is 14.6 Å². The van der Waals surface area contributed by atoms with Gasteiger partial charge in [-0.1, -0.05) is 18.2 Å². The van der Waals surface area contributed by atoms with Crippen molar-refractivity contribution in [3.05, 3.63) is 30.3 Å². The van der Waals surface area contributed by atoms with Crippen molar-refractivity contribution in [2.45, 2.75) is 25.1 Å². The van der Waals surface area contributed by atoms with Gasteiger partial charge in [-0.2, -0.15) is 13.2 Å². The molecule has 1 saturated heterocycles. The molecule has 0 unspecified atom stereocenters. The summed E-state index contributed by atoms with van der Waals surface area (Å²) in [5.41, 5.74) is 0. The lowest BCUT2D eigenvalue weighted by atomic mass is 10.2. The van der Waals surface area contributed by atoms with Gasteiger partial charge >= 0.3 is 12.1 Å². The summed E-state index contributed by atoms with van der Waals surface area (Å²) in [7, 11) is 0. The van der Waals surface area contributed by atoms with Crippen molar-refractivity contribution in [2.75, 3.05) is 13.2 Å². The van der Waals surface area contributed by atoms with Crippen molar-refractivity contribution in [1.29, 1.82) is 0 Å². The van der Waals surface area contributed by atoms with E-state index >= 15 is 0 Å². The van der Waals surface area contributed by atoms with Gasteiger partial charge in [0.15, 0.2) is 0 Å². The number of hydrogen-bond donors (Lipinski definition) is 2. The van der Waals surface area contributed by atoms with Gasteiger partial charge in [-0.25, -0.2) is 4.79 Å². The summed E-state index contributed by atoms with van der Waals surface area (Å²) in [5, 5.41) is 10.5. The SMILES string of the molecule is O=C(O)C(F)(F)F.c1ccc(OC[C@H]2CCCN2)cc1. The number of nitrogens with one attached hydrogen (secondary N) is 1. The zero-order valence-corrected chi connectivity index (χ0v) is 10.7. The largest absolute Gasteiger partial charge is 0.492 e. The Hall–Kier alpha value is -1.76. The molecule has 1 atom stereocenters. The molecule has 1 aliphatic rings. The number of carboxylic acids is 1. The fraction of sp³-hybridized carbons (Fsp3) is 0.462. The number of halogens is 3. The van der Waals surface area contributed by atoms with Gasteiger partial charge in [0.05, 0.1) is 0 Å². The van der Waals surface area contributed by atoms with Crippen molar-refractivity contribution < 1.29 is 27.8 Å². The van der Waals surface area contributed by atoms with Gasteiger partial charge in [-0.05, 0) is 31.5 Å². The fourth-order valence-electron chi connectivity index (χ4n) is 1.61. The molecule has 4 nitrogen and oxygen atoms in total. The number of alkyl halides is 3. The van der Waals surface area contributed by atoms with Gasteiger partial charge in [-0.3, -0.25) is 0 Å². The molecule has 1 aromatic carbocycles. The number of rotatable bonds is 3. The third-order valence-electron chi connectivity index (χ3n) is 2.60. The van der Waals surface area contributed by atoms with Crippen LogP contribution in [0.4, 0.5) is 13.2 Å². The summed E-state index contributed by atoms with van der Waals surface area (Å²) in [5.74, 6) is -1.79. The first-order valence-corrected chi connectivity index (χ1v) is 6.11. The van der Waals surface area contributed by atoms with Gasteiger partial charge in [0.25, 0.3) is 0 Å². The van der Waals surface area contributed by atoms with Crippen molar-refractivity contribution in [1.82, 2.24) is 5.32 Å². The summed E-state index contributed by atoms with van der Waals surface area (Å²) in [6.07, 6.45) is -2.56. The van der Waals surface area contributed by atoms with Crippen molar-refractivity contribution in [2.24, 2.45) is 0 Å². The van der Waals surface area contributed by atoms with Crippen LogP contribution in [0.15, 0.2) is 30.3 Å². The average molecular weight is 291 g/mol. The highest BCUT2D eigenvalue weighted by molar-refractivity contribution is 5.73. The molecule has 1 aromatic rings. The molecule has 20 heavy (non-hydrogen) atoms. The monoisotopic (exact) mass is 291 g/mol. The van der Waals surface area contributed by atoms with Gasteiger partial charge in [0.1, 0.15) is 12.4 Å². The Morgan fingerprint density at radius 2 is 1.95 bits per heavy atom. The number of ether oxygens (including phenoxy) is 1. The second kappa shape index (κ2) is 7.74. The van der Waals surface area contributed by atoms with Crippen LogP contribution in [-0.2, 0) is 4.79 Å². The molecule has 0 aliphatic carbocycles. The molecule has 1 heterocycles. The van der Waals surface area contributed by atoms with E-state index in [2.05, 4.69) is 5.32 Å². The van der Waals surface area contributed by atoms with Crippen LogP contribution in [0, 0.1) is 0 Å². The average Bonchev–Trinajstić information content (AvgIpc) is 2.90. The van der Waals surface area contributed by atoms with Crippen LogP contribution >= 0.6 is 0 Å². The molecule has 2 rings (SSSR count). The Labute approximate surface area is 114 Å². The second-order valence-electron chi connectivity index (χ2n) is 4.22. The minimum atomic E-state index is -5.08. The van der Waals surface area contributed by atoms with E-state index in [-0.39, 0.29) is 0 Å². The summed E-state index contributed by atoms with van der Waals surface area (Å²) < 4.78 is 37.4. The molecule has 1 aliphatic heterocycles. The number of carbonyl (C=O) groups is 1. The number of aliphatic carboxylic acids is 1. The van der Waals surface area contributed by atoms with Crippen LogP contribution in [0.2, 0.25) is 0 Å². The van der Waals surface area contributed by atoms with E-state index in [0.717, 1.165) is 18.9 Å². The molecule has 2 N–H and O–H groups in total. The van der Waals surface area contributed by atoms with E-state index in [0.29, 0.717) is 6.04 Å². The van der Waals surface area contributed by atoms with E-state index in [9.17, 15) is 13.2 Å². The third kappa shape index (κ3) is 6.42. The fourth-order valence-corrected chi connectivity index (χ4v) is 1.61. The maximum atomic E-state index is 10.6. The molecule has 7 heteroatoms. The highest BCUT2D eigenvalue weighted by Crippen LogP contribution is 2.13. The van der Waals surface area contributed by atoms with E-state index in [1.54, 1.807) is 0 Å². The van der Waals surface area contributed by atoms with E-state index < -0.39 is 12.1 Å². The molecular formula is C13H16F3NO3. The Bertz CT molecular complexity index is 403. The summed E-state index contributed by atoms with van der Waals surface area (Å²) in [4.78, 5) is 8.90. The predicted octanol–water partition coefficient (Wildman–Crippen LogP) is 2.45. The lowest BCUT2D eigenvalue weighted by molar-refractivity contribution is -0.192. The van der Waals surface area contributed by atoms with Crippen molar-refractivity contribution in [3.8, 4) is 5.75 Å². The molecule has 0 amide bonds. The summed E-state index contributed by atoms with van der Waals surface area (Å²) in [6.45, 7) is 1.94. The highest BCUT2D eigenvalue weighted by atomic mass is 19.4. The first-order chi connectivity index (χ1) is 9.39. The standard InChI is InChI=1S/C11H15NO.C2HF3O2/c1-2-6-11(7-3-1)13-9-10-5-4-8-12-10;3-2(4,5)1(6)7/h1-3,6-7,10,12H,4-5,8-9H2;(H,6,7)/t10-;/m1./s1. The lowest BCUT2D eigenvalue weighted by Gasteiger charge is -2.11. The summed E-state index contributed by atoms with van der Waals surface area (Å²) in [6, 6.07) is 10.5. The van der Waals surface area contributed by atoms with Gasteiger partial charge in [0.2, 0.25) is 0 Å². The third-order valence-corrected chi connectivity index (χ3v) is 2.60. The van der Waals surface area contributed by atoms with Crippen LogP contribution in [0.25, 0.3) is 0 Å². The number of benzene rings is 1. The highest BCUT2D eigenvalue weighted by Gasteiger charge is 2.38. The first-order valence-electron chi connectivity index (χ1n) is 6.11. The van der Waals surface area contributed by atoms with Gasteiger partial charge in [0, 0.05) is 6.04 Å². The van der Waals surface area contributed by atoms with Crippen LogP contribution in [-0.4, -0.2) is 36.4 Å². The molecule has 0 spiro atoms. The molecule has 0 saturated carbocycles. The molecule has 0 bridgehead atoms. The minimum Gasteiger partial charge on any atom is -0.492 e. The van der Waals surface area contributed by atoms with Crippen LogP contribution in [0.1, 0.15) is 12.8 Å². The van der Waals surface area contributed by atoms with Crippen LogP contribution in [0.3, 0.4) is 0 Å².